The van der Waals surface area contributed by atoms with Gasteiger partial charge in [-0.2, -0.15) is 15.6 Å². The van der Waals surface area contributed by atoms with Gasteiger partial charge in [0.05, 0.1) is 17.0 Å². The normalized spacial score (nSPS) is 15.5. The highest BCUT2D eigenvalue weighted by molar-refractivity contribution is 7.89. The van der Waals surface area contributed by atoms with Crippen molar-refractivity contribution in [2.45, 2.75) is 25.2 Å². The van der Waals surface area contributed by atoms with E-state index in [-0.39, 0.29) is 12.3 Å². The molecular weight excluding hydrogens is 438 g/mol. The van der Waals surface area contributed by atoms with Crippen LogP contribution in [0.15, 0.2) is 45.3 Å². The number of carbonyl (C=O) groups excluding carboxylic acids is 1. The molecule has 1 fully saturated rings. The standard InChI is InChI=1S/C21H23N3O3S3/c1-15-3-4-19(16(2)11-15)30(26,27)24-8-6-23(7-9-24)20(25)12-18-14-29-21(22-18)17-5-10-28-13-17/h3-5,10-11,13-14H,6-9,12H2,1-2H3. The van der Waals surface area contributed by atoms with Gasteiger partial charge in [-0.3, -0.25) is 4.79 Å². The topological polar surface area (TPSA) is 70.6 Å². The molecule has 0 atom stereocenters. The first-order chi connectivity index (χ1) is 14.3. The lowest BCUT2D eigenvalue weighted by Crippen LogP contribution is -2.51. The molecule has 1 aliphatic rings. The number of piperazine rings is 1. The number of nitrogens with zero attached hydrogens (tertiary/aromatic N) is 3. The van der Waals surface area contributed by atoms with Crippen LogP contribution in [0.1, 0.15) is 16.8 Å². The summed E-state index contributed by atoms with van der Waals surface area (Å²) < 4.78 is 27.5. The Kier molecular flexibility index (Phi) is 6.06. The summed E-state index contributed by atoms with van der Waals surface area (Å²) in [5.41, 5.74) is 3.62. The second kappa shape index (κ2) is 8.58. The van der Waals surface area contributed by atoms with Gasteiger partial charge in [0.15, 0.2) is 0 Å². The number of hydrogen-bond acceptors (Lipinski definition) is 6. The van der Waals surface area contributed by atoms with Crippen LogP contribution in [0.3, 0.4) is 0 Å². The second-order valence-electron chi connectivity index (χ2n) is 7.39. The number of aromatic nitrogens is 1. The maximum Gasteiger partial charge on any atom is 0.243 e. The van der Waals surface area contributed by atoms with E-state index in [4.69, 9.17) is 0 Å². The number of aryl methyl sites for hydroxylation is 2. The maximum atomic E-state index is 13.0. The lowest BCUT2D eigenvalue weighted by molar-refractivity contribution is -0.131. The molecule has 0 saturated carbocycles. The van der Waals surface area contributed by atoms with Crippen LogP contribution in [0.4, 0.5) is 0 Å². The van der Waals surface area contributed by atoms with Gasteiger partial charge in [-0.05, 0) is 36.9 Å². The number of thiazole rings is 1. The number of rotatable bonds is 5. The SMILES string of the molecule is Cc1ccc(S(=O)(=O)N2CCN(C(=O)Cc3csc(-c4ccsc4)n3)CC2)c(C)c1. The molecule has 1 saturated heterocycles. The van der Waals surface area contributed by atoms with Crippen LogP contribution in [0.5, 0.6) is 0 Å². The summed E-state index contributed by atoms with van der Waals surface area (Å²) in [7, 11) is -3.55. The van der Waals surface area contributed by atoms with Gasteiger partial charge in [0.2, 0.25) is 15.9 Å². The molecule has 0 bridgehead atoms. The first kappa shape index (κ1) is 21.2. The Bertz CT molecular complexity index is 1150. The van der Waals surface area contributed by atoms with E-state index >= 15 is 0 Å². The molecule has 0 spiro atoms. The molecule has 158 valence electrons. The third-order valence-electron chi connectivity index (χ3n) is 5.19. The number of hydrogen-bond donors (Lipinski definition) is 0. The Morgan fingerprint density at radius 1 is 1.10 bits per heavy atom. The summed E-state index contributed by atoms with van der Waals surface area (Å²) in [5, 5.41) is 6.89. The van der Waals surface area contributed by atoms with Gasteiger partial charge in [-0.25, -0.2) is 13.4 Å². The Hall–Kier alpha value is -2.07. The highest BCUT2D eigenvalue weighted by Gasteiger charge is 2.31. The number of sulfonamides is 1. The van der Waals surface area contributed by atoms with Crippen molar-refractivity contribution in [2.24, 2.45) is 0 Å². The molecule has 6 nitrogen and oxygen atoms in total. The van der Waals surface area contributed by atoms with Crippen LogP contribution in [-0.4, -0.2) is 54.7 Å². The zero-order valence-corrected chi connectivity index (χ0v) is 19.3. The maximum absolute atomic E-state index is 13.0. The van der Waals surface area contributed by atoms with Crippen molar-refractivity contribution in [1.29, 1.82) is 0 Å². The first-order valence-corrected chi connectivity index (χ1v) is 12.9. The van der Waals surface area contributed by atoms with E-state index in [1.54, 1.807) is 22.3 Å². The number of benzene rings is 1. The minimum Gasteiger partial charge on any atom is -0.340 e. The molecule has 1 amide bonds. The molecular formula is C21H23N3O3S3. The fourth-order valence-corrected chi connectivity index (χ4v) is 6.74. The van der Waals surface area contributed by atoms with Crippen LogP contribution < -0.4 is 0 Å². The summed E-state index contributed by atoms with van der Waals surface area (Å²) in [5.74, 6) is -0.0132. The molecule has 4 rings (SSSR count). The van der Waals surface area contributed by atoms with Crippen molar-refractivity contribution in [3.63, 3.8) is 0 Å². The average Bonchev–Trinajstić information content (AvgIpc) is 3.39. The van der Waals surface area contributed by atoms with Gasteiger partial charge in [0, 0.05) is 42.5 Å². The van der Waals surface area contributed by atoms with E-state index in [0.717, 1.165) is 27.4 Å². The summed E-state index contributed by atoms with van der Waals surface area (Å²) in [6, 6.07) is 7.39. The Morgan fingerprint density at radius 3 is 2.53 bits per heavy atom. The molecule has 9 heteroatoms. The van der Waals surface area contributed by atoms with Crippen molar-refractivity contribution in [1.82, 2.24) is 14.2 Å². The number of thiophene rings is 1. The summed E-state index contributed by atoms with van der Waals surface area (Å²) in [6.07, 6.45) is 0.241. The Morgan fingerprint density at radius 2 is 1.87 bits per heavy atom. The van der Waals surface area contributed by atoms with Gasteiger partial charge >= 0.3 is 0 Å². The molecule has 0 N–H and O–H groups in total. The van der Waals surface area contributed by atoms with Crippen LogP contribution in [0.25, 0.3) is 10.6 Å². The van der Waals surface area contributed by atoms with E-state index in [9.17, 15) is 13.2 Å². The molecule has 0 aliphatic carbocycles. The molecule has 3 aromatic rings. The van der Waals surface area contributed by atoms with Crippen LogP contribution in [0, 0.1) is 13.8 Å². The zero-order valence-electron chi connectivity index (χ0n) is 16.9. The van der Waals surface area contributed by atoms with Gasteiger partial charge in [0.25, 0.3) is 0 Å². The first-order valence-electron chi connectivity index (χ1n) is 9.67. The van der Waals surface area contributed by atoms with E-state index in [1.807, 2.05) is 48.2 Å². The third kappa shape index (κ3) is 4.34. The predicted molar refractivity (Wildman–Crippen MR) is 120 cm³/mol. The average molecular weight is 462 g/mol. The lowest BCUT2D eigenvalue weighted by atomic mass is 10.2. The van der Waals surface area contributed by atoms with E-state index in [1.165, 1.54) is 15.6 Å². The number of amides is 1. The van der Waals surface area contributed by atoms with Crippen LogP contribution in [-0.2, 0) is 21.2 Å². The van der Waals surface area contributed by atoms with E-state index in [0.29, 0.717) is 31.1 Å². The van der Waals surface area contributed by atoms with Crippen molar-refractivity contribution in [2.75, 3.05) is 26.2 Å². The largest absolute Gasteiger partial charge is 0.340 e. The second-order valence-corrected chi connectivity index (χ2v) is 10.9. The van der Waals surface area contributed by atoms with E-state index in [2.05, 4.69) is 4.98 Å². The molecule has 0 radical (unpaired) electrons. The number of carbonyl (C=O) groups is 1. The Labute approximate surface area is 184 Å². The van der Waals surface area contributed by atoms with Gasteiger partial charge in [-0.15, -0.1) is 11.3 Å². The van der Waals surface area contributed by atoms with Crippen molar-refractivity contribution < 1.29 is 13.2 Å². The monoisotopic (exact) mass is 461 g/mol. The molecule has 1 aliphatic heterocycles. The van der Waals surface area contributed by atoms with Gasteiger partial charge < -0.3 is 4.90 Å². The van der Waals surface area contributed by atoms with Crippen LogP contribution >= 0.6 is 22.7 Å². The quantitative estimate of drug-likeness (QED) is 0.583. The predicted octanol–water partition coefficient (Wildman–Crippen LogP) is 3.56. The molecule has 1 aromatic carbocycles. The molecule has 30 heavy (non-hydrogen) atoms. The van der Waals surface area contributed by atoms with Gasteiger partial charge in [-0.1, -0.05) is 17.7 Å². The Balaban J connectivity index is 1.37. The van der Waals surface area contributed by atoms with E-state index < -0.39 is 10.0 Å². The molecule has 2 aromatic heterocycles. The fourth-order valence-electron chi connectivity index (χ4n) is 3.58. The third-order valence-corrected chi connectivity index (χ3v) is 8.87. The van der Waals surface area contributed by atoms with Crippen molar-refractivity contribution >= 4 is 38.6 Å². The van der Waals surface area contributed by atoms with Crippen LogP contribution in [0.2, 0.25) is 0 Å². The van der Waals surface area contributed by atoms with Crippen molar-refractivity contribution in [3.8, 4) is 10.6 Å². The minimum atomic E-state index is -3.55. The summed E-state index contributed by atoms with van der Waals surface area (Å²) in [6.45, 7) is 5.16. The van der Waals surface area contributed by atoms with Gasteiger partial charge in [0.1, 0.15) is 5.01 Å². The molecule has 0 unspecified atom stereocenters. The zero-order chi connectivity index (χ0) is 21.3. The smallest absolute Gasteiger partial charge is 0.243 e. The minimum absolute atomic E-state index is 0.0132. The highest BCUT2D eigenvalue weighted by atomic mass is 32.2. The summed E-state index contributed by atoms with van der Waals surface area (Å²) in [4.78, 5) is 19.4. The molecule has 3 heterocycles. The lowest BCUT2D eigenvalue weighted by Gasteiger charge is -2.34. The fraction of sp³-hybridized carbons (Fsp3) is 0.333. The highest BCUT2D eigenvalue weighted by Crippen LogP contribution is 2.26. The summed E-state index contributed by atoms with van der Waals surface area (Å²) >= 11 is 3.16. The van der Waals surface area contributed by atoms with Crippen molar-refractivity contribution in [3.05, 3.63) is 57.2 Å².